The Kier molecular flexibility index (Phi) is 6.58. The number of nitrogens with zero attached hydrogens (tertiary/aromatic N) is 3. The fourth-order valence-electron chi connectivity index (χ4n) is 3.56. The summed E-state index contributed by atoms with van der Waals surface area (Å²) in [6.07, 6.45) is 1.28. The number of carbonyl (C=O) groups excluding carboxylic acids is 1. The van der Waals surface area contributed by atoms with E-state index < -0.39 is 15.9 Å². The molecule has 1 aliphatic heterocycles. The minimum atomic E-state index is -3.71. The Hall–Kier alpha value is -2.76. The monoisotopic (exact) mass is 476 g/mol. The number of amides is 1. The van der Waals surface area contributed by atoms with E-state index in [2.05, 4.69) is 15.5 Å². The van der Waals surface area contributed by atoms with Gasteiger partial charge in [-0.15, -0.1) is 11.3 Å². The van der Waals surface area contributed by atoms with Gasteiger partial charge in [-0.2, -0.15) is 9.29 Å². The quantitative estimate of drug-likeness (QED) is 0.558. The van der Waals surface area contributed by atoms with E-state index in [-0.39, 0.29) is 16.7 Å². The second-order valence-corrected chi connectivity index (χ2v) is 10.6. The van der Waals surface area contributed by atoms with Crippen molar-refractivity contribution in [3.8, 4) is 17.1 Å². The molecule has 11 heteroatoms. The normalized spacial score (nSPS) is 17.2. The van der Waals surface area contributed by atoms with Gasteiger partial charge in [0.05, 0.1) is 13.0 Å². The van der Waals surface area contributed by atoms with Gasteiger partial charge in [0.2, 0.25) is 17.6 Å². The molecule has 0 aliphatic carbocycles. The number of nitrogens with one attached hydrogen (secondary N) is 1. The number of carbonyl (C=O) groups is 1. The maximum absolute atomic E-state index is 13.2. The summed E-state index contributed by atoms with van der Waals surface area (Å²) in [5.41, 5.74) is 1.54. The van der Waals surface area contributed by atoms with Crippen LogP contribution in [-0.2, 0) is 21.4 Å². The third-order valence-corrected chi connectivity index (χ3v) is 8.62. The average Bonchev–Trinajstić information content (AvgIpc) is 3.47. The minimum Gasteiger partial charge on any atom is -0.497 e. The van der Waals surface area contributed by atoms with Gasteiger partial charge in [0.1, 0.15) is 9.96 Å². The number of ether oxygens (including phenoxy) is 1. The van der Waals surface area contributed by atoms with E-state index in [1.54, 1.807) is 25.5 Å². The molecule has 3 aromatic rings. The van der Waals surface area contributed by atoms with Crippen LogP contribution in [0, 0.1) is 12.8 Å². The van der Waals surface area contributed by atoms with E-state index in [9.17, 15) is 13.2 Å². The molecule has 2 aromatic heterocycles. The first-order valence-electron chi connectivity index (χ1n) is 10.2. The predicted octanol–water partition coefficient (Wildman–Crippen LogP) is 2.83. The highest BCUT2D eigenvalue weighted by Crippen LogP contribution is 2.31. The number of hydrogen-bond donors (Lipinski definition) is 1. The molecular formula is C21H24N4O5S2. The number of thiophene rings is 1. The van der Waals surface area contributed by atoms with Crippen LogP contribution in [0.5, 0.6) is 5.75 Å². The molecule has 0 saturated carbocycles. The summed E-state index contributed by atoms with van der Waals surface area (Å²) >= 11 is 1.11. The lowest BCUT2D eigenvalue weighted by atomic mass is 9.99. The van der Waals surface area contributed by atoms with E-state index >= 15 is 0 Å². The fraction of sp³-hybridized carbons (Fsp3) is 0.381. The molecule has 3 heterocycles. The smallest absolute Gasteiger partial charge is 0.252 e. The van der Waals surface area contributed by atoms with Gasteiger partial charge in [0.15, 0.2) is 0 Å². The molecule has 32 heavy (non-hydrogen) atoms. The summed E-state index contributed by atoms with van der Waals surface area (Å²) in [6, 6.07) is 8.99. The van der Waals surface area contributed by atoms with Gasteiger partial charge >= 0.3 is 0 Å². The maximum Gasteiger partial charge on any atom is 0.252 e. The first kappa shape index (κ1) is 22.4. The van der Waals surface area contributed by atoms with Crippen molar-refractivity contribution in [1.82, 2.24) is 19.8 Å². The zero-order valence-corrected chi connectivity index (χ0v) is 19.4. The Bertz CT molecular complexity index is 1190. The lowest BCUT2D eigenvalue weighted by Crippen LogP contribution is -2.45. The van der Waals surface area contributed by atoms with Gasteiger partial charge in [-0.3, -0.25) is 4.79 Å². The number of aryl methyl sites for hydroxylation is 1. The van der Waals surface area contributed by atoms with Crippen molar-refractivity contribution < 1.29 is 22.5 Å². The molecule has 1 aromatic carbocycles. The molecular weight excluding hydrogens is 452 g/mol. The van der Waals surface area contributed by atoms with E-state index in [0.29, 0.717) is 43.2 Å². The van der Waals surface area contributed by atoms with Crippen molar-refractivity contribution in [3.05, 3.63) is 47.2 Å². The van der Waals surface area contributed by atoms with Crippen LogP contribution in [0.2, 0.25) is 0 Å². The second-order valence-electron chi connectivity index (χ2n) is 7.56. The van der Waals surface area contributed by atoms with Crippen LogP contribution in [0.1, 0.15) is 24.3 Å². The van der Waals surface area contributed by atoms with Gasteiger partial charge in [-0.1, -0.05) is 17.3 Å². The number of hydrogen-bond acceptors (Lipinski definition) is 8. The number of piperidine rings is 1. The summed E-state index contributed by atoms with van der Waals surface area (Å²) in [6.45, 7) is 2.60. The molecule has 1 atom stereocenters. The summed E-state index contributed by atoms with van der Waals surface area (Å²) in [4.78, 5) is 16.9. The minimum absolute atomic E-state index is 0.144. The van der Waals surface area contributed by atoms with Crippen molar-refractivity contribution in [2.24, 2.45) is 5.92 Å². The summed E-state index contributed by atoms with van der Waals surface area (Å²) < 4.78 is 38.1. The number of methoxy groups -OCH3 is 1. The third-order valence-electron chi connectivity index (χ3n) is 5.34. The van der Waals surface area contributed by atoms with Crippen LogP contribution in [0.25, 0.3) is 11.4 Å². The van der Waals surface area contributed by atoms with Gasteiger partial charge in [0.25, 0.3) is 10.0 Å². The molecule has 0 spiro atoms. The highest BCUT2D eigenvalue weighted by Gasteiger charge is 2.34. The van der Waals surface area contributed by atoms with Crippen molar-refractivity contribution in [1.29, 1.82) is 0 Å². The molecule has 1 amide bonds. The molecule has 1 aliphatic rings. The molecule has 0 unspecified atom stereocenters. The van der Waals surface area contributed by atoms with Crippen molar-refractivity contribution in [2.45, 2.75) is 30.5 Å². The molecule has 1 fully saturated rings. The van der Waals surface area contributed by atoms with E-state index in [4.69, 9.17) is 9.26 Å². The zero-order chi connectivity index (χ0) is 22.7. The fourth-order valence-corrected chi connectivity index (χ4v) is 6.40. The van der Waals surface area contributed by atoms with Crippen LogP contribution < -0.4 is 10.1 Å². The van der Waals surface area contributed by atoms with Crippen LogP contribution in [0.4, 0.5) is 0 Å². The Morgan fingerprint density at radius 3 is 2.81 bits per heavy atom. The zero-order valence-electron chi connectivity index (χ0n) is 17.8. The van der Waals surface area contributed by atoms with E-state index in [1.165, 1.54) is 4.31 Å². The Morgan fingerprint density at radius 1 is 1.34 bits per heavy atom. The Labute approximate surface area is 190 Å². The topological polar surface area (TPSA) is 115 Å². The number of aromatic nitrogens is 2. The van der Waals surface area contributed by atoms with Crippen molar-refractivity contribution in [2.75, 3.05) is 20.2 Å². The molecule has 1 saturated heterocycles. The standard InChI is InChI=1S/C21H24N4O5S2/c1-14-23-20(24-30-14)17-10-19(31-13-17)32(27,28)25-9-3-4-16(12-25)21(26)22-11-15-5-7-18(29-2)8-6-15/h5-8,10,13,16H,3-4,9,11-12H2,1-2H3,(H,22,26)/t16-/m1/s1. The molecule has 4 rings (SSSR count). The Balaban J connectivity index is 1.40. The van der Waals surface area contributed by atoms with Crippen LogP contribution in [0.3, 0.4) is 0 Å². The summed E-state index contributed by atoms with van der Waals surface area (Å²) in [5, 5.41) is 8.45. The summed E-state index contributed by atoms with van der Waals surface area (Å²) in [7, 11) is -2.11. The van der Waals surface area contributed by atoms with Gasteiger partial charge in [-0.25, -0.2) is 8.42 Å². The third kappa shape index (κ3) is 4.84. The van der Waals surface area contributed by atoms with Crippen molar-refractivity contribution >= 4 is 27.3 Å². The Morgan fingerprint density at radius 2 is 2.12 bits per heavy atom. The predicted molar refractivity (Wildman–Crippen MR) is 119 cm³/mol. The van der Waals surface area contributed by atoms with E-state index in [1.807, 2.05) is 24.3 Å². The van der Waals surface area contributed by atoms with Gasteiger partial charge in [-0.05, 0) is 36.6 Å². The first-order valence-corrected chi connectivity index (χ1v) is 12.5. The number of sulfonamides is 1. The second kappa shape index (κ2) is 9.39. The number of benzene rings is 1. The molecule has 1 N–H and O–H groups in total. The molecule has 9 nitrogen and oxygen atoms in total. The van der Waals surface area contributed by atoms with Gasteiger partial charge in [0, 0.05) is 37.5 Å². The summed E-state index contributed by atoms with van der Waals surface area (Å²) in [5.74, 6) is 0.982. The molecule has 0 bridgehead atoms. The highest BCUT2D eigenvalue weighted by molar-refractivity contribution is 7.91. The first-order chi connectivity index (χ1) is 15.4. The SMILES string of the molecule is COc1ccc(CNC(=O)[C@@H]2CCCN(S(=O)(=O)c3cc(-c4noc(C)n4)cs3)C2)cc1. The molecule has 170 valence electrons. The highest BCUT2D eigenvalue weighted by atomic mass is 32.2. The lowest BCUT2D eigenvalue weighted by molar-refractivity contribution is -0.126. The average molecular weight is 477 g/mol. The molecule has 0 radical (unpaired) electrons. The van der Waals surface area contributed by atoms with E-state index in [0.717, 1.165) is 22.6 Å². The maximum atomic E-state index is 13.2. The largest absolute Gasteiger partial charge is 0.497 e. The van der Waals surface area contributed by atoms with Gasteiger partial charge < -0.3 is 14.6 Å². The van der Waals surface area contributed by atoms with Crippen LogP contribution >= 0.6 is 11.3 Å². The lowest BCUT2D eigenvalue weighted by Gasteiger charge is -2.30. The van der Waals surface area contributed by atoms with Crippen molar-refractivity contribution in [3.63, 3.8) is 0 Å². The van der Waals surface area contributed by atoms with Crippen LogP contribution in [-0.4, -0.2) is 49.0 Å². The number of rotatable bonds is 7. The van der Waals surface area contributed by atoms with Crippen LogP contribution in [0.15, 0.2) is 44.4 Å².